The Morgan fingerprint density at radius 2 is 1.47 bits per heavy atom. The van der Waals surface area contributed by atoms with E-state index < -0.39 is 0 Å². The fourth-order valence-corrected chi connectivity index (χ4v) is 8.41. The first-order valence-corrected chi connectivity index (χ1v) is 18.1. The molecule has 0 amide bonds. The minimum absolute atomic E-state index is 0. The molecule has 0 spiro atoms. The van der Waals surface area contributed by atoms with Crippen LogP contribution in [0, 0.1) is 18.8 Å². The van der Waals surface area contributed by atoms with Gasteiger partial charge in [-0.05, 0) is 58.8 Å². The molecule has 1 aliphatic heterocycles. The molecule has 0 saturated carbocycles. The van der Waals surface area contributed by atoms with E-state index in [4.69, 9.17) is 9.72 Å². The van der Waals surface area contributed by atoms with E-state index in [2.05, 4.69) is 150 Å². The smallest absolute Gasteiger partial charge is 0.135 e. The van der Waals surface area contributed by atoms with Gasteiger partial charge in [0, 0.05) is 88.2 Å². The second kappa shape index (κ2) is 12.9. The number of thiophene rings is 1. The largest absolute Gasteiger partial charge is 0.509 e. The van der Waals surface area contributed by atoms with Crippen molar-refractivity contribution in [3.05, 3.63) is 158 Å². The molecule has 9 aromatic rings. The number of para-hydroxylation sites is 1. The summed E-state index contributed by atoms with van der Waals surface area (Å²) in [6.45, 7) is 8.79. The van der Waals surface area contributed by atoms with Gasteiger partial charge in [0.15, 0.2) is 0 Å². The third-order valence-corrected chi connectivity index (χ3v) is 10.9. The van der Waals surface area contributed by atoms with Crippen molar-refractivity contribution < 1.29 is 25.8 Å². The van der Waals surface area contributed by atoms with Gasteiger partial charge in [-0.15, -0.1) is 59.4 Å². The molecule has 262 valence electrons. The average Bonchev–Trinajstić information content (AvgIpc) is 3.84. The van der Waals surface area contributed by atoms with Crippen molar-refractivity contribution in [1.82, 2.24) is 14.5 Å². The predicted octanol–water partition coefficient (Wildman–Crippen LogP) is 12.0. The van der Waals surface area contributed by atoms with Crippen molar-refractivity contribution in [1.29, 1.82) is 0 Å². The second-order valence-electron chi connectivity index (χ2n) is 14.1. The van der Waals surface area contributed by atoms with Crippen LogP contribution < -0.4 is 14.5 Å². The van der Waals surface area contributed by atoms with Gasteiger partial charge in [-0.1, -0.05) is 68.8 Å². The van der Waals surface area contributed by atoms with Gasteiger partial charge in [-0.25, -0.2) is 4.98 Å². The van der Waals surface area contributed by atoms with Gasteiger partial charge in [0.2, 0.25) is 0 Å². The minimum Gasteiger partial charge on any atom is -0.509 e. The van der Waals surface area contributed by atoms with Crippen molar-refractivity contribution in [2.24, 2.45) is 0 Å². The van der Waals surface area contributed by atoms with Gasteiger partial charge < -0.3 is 19.1 Å². The average molecular weight is 886 g/mol. The Labute approximate surface area is 326 Å². The Morgan fingerprint density at radius 3 is 2.36 bits per heavy atom. The first-order chi connectivity index (χ1) is 25.4. The third kappa shape index (κ3) is 5.58. The van der Waals surface area contributed by atoms with Crippen LogP contribution in [0.25, 0.3) is 47.8 Å². The number of ether oxygens (including phenoxy) is 1. The number of hydrogen-bond donors (Lipinski definition) is 0. The van der Waals surface area contributed by atoms with Gasteiger partial charge in [0.25, 0.3) is 0 Å². The first-order valence-electron chi connectivity index (χ1n) is 17.3. The van der Waals surface area contributed by atoms with Gasteiger partial charge in [0.1, 0.15) is 5.82 Å². The molecule has 0 fully saturated rings. The van der Waals surface area contributed by atoms with Gasteiger partial charge in [-0.3, -0.25) is 4.98 Å². The van der Waals surface area contributed by atoms with Crippen LogP contribution in [0.4, 0.5) is 22.7 Å². The molecule has 6 nitrogen and oxygen atoms in total. The van der Waals surface area contributed by atoms with Crippen molar-refractivity contribution in [2.75, 3.05) is 9.80 Å². The van der Waals surface area contributed by atoms with Crippen LogP contribution >= 0.6 is 11.3 Å². The van der Waals surface area contributed by atoms with Crippen molar-refractivity contribution in [3.8, 4) is 17.3 Å². The van der Waals surface area contributed by atoms with Gasteiger partial charge >= 0.3 is 0 Å². The maximum Gasteiger partial charge on any atom is 0.135 e. The molecule has 5 heterocycles. The van der Waals surface area contributed by atoms with Crippen molar-refractivity contribution in [3.63, 3.8) is 0 Å². The number of pyridine rings is 2. The van der Waals surface area contributed by atoms with E-state index in [0.29, 0.717) is 11.5 Å². The van der Waals surface area contributed by atoms with Crippen molar-refractivity contribution in [2.45, 2.75) is 26.2 Å². The van der Waals surface area contributed by atoms with Crippen LogP contribution in [-0.4, -0.2) is 14.5 Å². The standard InChI is InChI=1S/C45H32N5OS.Pt/c1-45(2,3)29-20-23-47-43(24-29)50-36-14-6-4-12-33(36)34-19-18-32(26-39(34)50)51-31-11-8-10-30(25-31)48-28-49(37-21-22-46-27-40(37)48)38-15-9-17-42-44(38)35-13-5-7-16-41(35)52-42;/h4-24,27-28H,1-3H3;/q-3;. The summed E-state index contributed by atoms with van der Waals surface area (Å²) in [5, 5.41) is 4.73. The first kappa shape index (κ1) is 33.4. The molecule has 0 unspecified atom stereocenters. The number of hydrogen-bond acceptors (Lipinski definition) is 6. The van der Waals surface area contributed by atoms with Gasteiger partial charge in [-0.2, -0.15) is 12.1 Å². The molecule has 0 N–H and O–H groups in total. The fourth-order valence-electron chi connectivity index (χ4n) is 7.28. The molecule has 53 heavy (non-hydrogen) atoms. The minimum atomic E-state index is -0.0126. The molecule has 10 rings (SSSR count). The fraction of sp³-hybridized carbons (Fsp3) is 0.0889. The molecule has 0 atom stereocenters. The maximum absolute atomic E-state index is 6.53. The van der Waals surface area contributed by atoms with E-state index in [1.807, 2.05) is 54.2 Å². The number of nitrogens with zero attached hydrogens (tertiary/aromatic N) is 5. The van der Waals surface area contributed by atoms with Crippen LogP contribution in [0.3, 0.4) is 0 Å². The Bertz CT molecular complexity index is 2840. The van der Waals surface area contributed by atoms with E-state index in [-0.39, 0.29) is 26.5 Å². The Balaban J connectivity index is 0.00000372. The SMILES string of the molecule is CC(C)(C)c1ccnc(-n2c3[c-]c(Oc4[c-]c(N5[CH-]N(c6cccc7sc8ccccc8c67)c6ccncc65)ccc4)ccc3c3ccccc32)c1.[Pt]. The topological polar surface area (TPSA) is 46.4 Å². The molecule has 0 radical (unpaired) electrons. The maximum atomic E-state index is 6.53. The molecule has 0 aliphatic carbocycles. The van der Waals surface area contributed by atoms with Crippen LogP contribution in [0.2, 0.25) is 0 Å². The Morgan fingerprint density at radius 1 is 0.679 bits per heavy atom. The number of benzene rings is 5. The van der Waals surface area contributed by atoms with Crippen LogP contribution in [0.1, 0.15) is 26.3 Å². The summed E-state index contributed by atoms with van der Waals surface area (Å²) in [6.07, 6.45) is 5.64. The molecule has 8 heteroatoms. The summed E-state index contributed by atoms with van der Waals surface area (Å²) >= 11 is 1.82. The molecule has 1 aliphatic rings. The second-order valence-corrected chi connectivity index (χ2v) is 15.1. The zero-order valence-electron chi connectivity index (χ0n) is 29.1. The molecular weight excluding hydrogens is 854 g/mol. The molecule has 4 aromatic heterocycles. The summed E-state index contributed by atoms with van der Waals surface area (Å²) in [5.74, 6) is 2.04. The number of aromatic nitrogens is 3. The number of anilines is 4. The summed E-state index contributed by atoms with van der Waals surface area (Å²) in [6, 6.07) is 47.1. The van der Waals surface area contributed by atoms with E-state index in [9.17, 15) is 0 Å². The quantitative estimate of drug-likeness (QED) is 0.161. The van der Waals surface area contributed by atoms with E-state index in [1.54, 1.807) is 0 Å². The molecule has 0 saturated heterocycles. The predicted molar refractivity (Wildman–Crippen MR) is 214 cm³/mol. The van der Waals surface area contributed by atoms with E-state index >= 15 is 0 Å². The number of rotatable bonds is 5. The van der Waals surface area contributed by atoms with E-state index in [0.717, 1.165) is 50.4 Å². The molecular formula is C45H32N5OPtS-3. The molecule has 0 bridgehead atoms. The van der Waals surface area contributed by atoms with Crippen molar-refractivity contribution >= 4 is 76.1 Å². The zero-order chi connectivity index (χ0) is 35.0. The number of fused-ring (bicyclic) bond motifs is 7. The normalized spacial score (nSPS) is 12.9. The zero-order valence-corrected chi connectivity index (χ0v) is 32.2. The van der Waals surface area contributed by atoms with Crippen LogP contribution in [0.5, 0.6) is 11.5 Å². The van der Waals surface area contributed by atoms with Crippen LogP contribution in [-0.2, 0) is 26.5 Å². The van der Waals surface area contributed by atoms with E-state index in [1.165, 1.54) is 25.7 Å². The summed E-state index contributed by atoms with van der Waals surface area (Å²) in [4.78, 5) is 13.7. The Kier molecular flexibility index (Phi) is 8.10. The summed E-state index contributed by atoms with van der Waals surface area (Å²) < 4.78 is 11.3. The third-order valence-electron chi connectivity index (χ3n) is 9.80. The summed E-state index contributed by atoms with van der Waals surface area (Å²) in [5.41, 5.74) is 7.17. The Hall–Kier alpha value is -5.49. The summed E-state index contributed by atoms with van der Waals surface area (Å²) in [7, 11) is 0. The monoisotopic (exact) mass is 885 g/mol. The van der Waals surface area contributed by atoms with Gasteiger partial charge in [0.05, 0.1) is 5.69 Å². The molecule has 5 aromatic carbocycles. The van der Waals surface area contributed by atoms with Crippen LogP contribution in [0.15, 0.2) is 134 Å².